The molecule has 0 aliphatic heterocycles. The van der Waals surface area contributed by atoms with Gasteiger partial charge in [0.2, 0.25) is 0 Å². The summed E-state index contributed by atoms with van der Waals surface area (Å²) in [5, 5.41) is 3.54. The summed E-state index contributed by atoms with van der Waals surface area (Å²) in [5.74, 6) is 0.711. The van der Waals surface area contributed by atoms with E-state index in [0.717, 1.165) is 10.9 Å². The summed E-state index contributed by atoms with van der Waals surface area (Å²) >= 11 is 1.32. The third kappa shape index (κ3) is 2.65. The van der Waals surface area contributed by atoms with Gasteiger partial charge in [0.15, 0.2) is 5.06 Å². The normalized spacial score (nSPS) is 10.2. The lowest BCUT2D eigenvalue weighted by Gasteiger charge is -2.03. The van der Waals surface area contributed by atoms with Crippen molar-refractivity contribution < 1.29 is 9.53 Å². The molecule has 1 N–H and O–H groups in total. The predicted molar refractivity (Wildman–Crippen MR) is 65.2 cm³/mol. The highest BCUT2D eigenvalue weighted by Gasteiger charge is 2.10. The summed E-state index contributed by atoms with van der Waals surface area (Å²) in [4.78, 5) is 16.6. The average molecular weight is 251 g/mol. The second-order valence-electron chi connectivity index (χ2n) is 3.46. The Morgan fingerprint density at radius 2 is 2.41 bits per heavy atom. The zero-order chi connectivity index (χ0) is 12.3. The number of hydrogen-bond donors (Lipinski definition) is 1. The second kappa shape index (κ2) is 5.01. The summed E-state index contributed by atoms with van der Waals surface area (Å²) < 4.78 is 6.91. The van der Waals surface area contributed by atoms with E-state index in [0.29, 0.717) is 11.4 Å². The van der Waals surface area contributed by atoms with Crippen molar-refractivity contribution in [3.05, 3.63) is 35.2 Å². The van der Waals surface area contributed by atoms with Gasteiger partial charge in [0.1, 0.15) is 5.82 Å². The molecule has 0 atom stereocenters. The molecule has 0 saturated heterocycles. The number of amides is 1. The minimum absolute atomic E-state index is 0.110. The minimum atomic E-state index is -0.110. The van der Waals surface area contributed by atoms with Crippen LogP contribution in [0.15, 0.2) is 24.5 Å². The van der Waals surface area contributed by atoms with Gasteiger partial charge in [-0.2, -0.15) is 0 Å². The Labute approximate surface area is 103 Å². The van der Waals surface area contributed by atoms with Gasteiger partial charge in [0, 0.05) is 19.4 Å². The maximum absolute atomic E-state index is 11.8. The lowest BCUT2D eigenvalue weighted by atomic mass is 10.4. The molecule has 1 amide bonds. The van der Waals surface area contributed by atoms with Crippen LogP contribution in [0.5, 0.6) is 5.06 Å². The van der Waals surface area contributed by atoms with Gasteiger partial charge in [-0.15, -0.1) is 0 Å². The van der Waals surface area contributed by atoms with Gasteiger partial charge in [0.25, 0.3) is 5.91 Å². The summed E-state index contributed by atoms with van der Waals surface area (Å²) in [6.45, 7) is 0.419. The Kier molecular flexibility index (Phi) is 3.43. The van der Waals surface area contributed by atoms with Gasteiger partial charge in [-0.3, -0.25) is 4.79 Å². The molecule has 17 heavy (non-hydrogen) atoms. The molecule has 5 nitrogen and oxygen atoms in total. The summed E-state index contributed by atoms with van der Waals surface area (Å²) in [5.41, 5.74) is 0. The first-order valence-corrected chi connectivity index (χ1v) is 5.90. The highest BCUT2D eigenvalue weighted by atomic mass is 32.1. The molecule has 0 unspecified atom stereocenters. The molecule has 0 spiro atoms. The zero-order valence-electron chi connectivity index (χ0n) is 9.64. The molecule has 0 bridgehead atoms. The van der Waals surface area contributed by atoms with Crippen LogP contribution < -0.4 is 10.1 Å². The molecule has 0 radical (unpaired) electrons. The molecule has 0 aliphatic carbocycles. The lowest BCUT2D eigenvalue weighted by molar-refractivity contribution is 0.0953. The molecule has 2 rings (SSSR count). The number of nitrogens with zero attached hydrogens (tertiary/aromatic N) is 2. The number of aryl methyl sites for hydroxylation is 1. The van der Waals surface area contributed by atoms with E-state index in [2.05, 4.69) is 10.3 Å². The van der Waals surface area contributed by atoms with Crippen molar-refractivity contribution in [1.29, 1.82) is 0 Å². The van der Waals surface area contributed by atoms with Crippen LogP contribution in [0.3, 0.4) is 0 Å². The summed E-state index contributed by atoms with van der Waals surface area (Å²) in [6.07, 6.45) is 3.55. The molecule has 2 aromatic rings. The molecule has 0 fully saturated rings. The van der Waals surface area contributed by atoms with Gasteiger partial charge < -0.3 is 14.6 Å². The largest absolute Gasteiger partial charge is 0.487 e. The average Bonchev–Trinajstić information content (AvgIpc) is 2.94. The van der Waals surface area contributed by atoms with Crippen molar-refractivity contribution in [3.8, 4) is 5.06 Å². The number of methoxy groups -OCH3 is 1. The highest BCUT2D eigenvalue weighted by molar-refractivity contribution is 7.15. The molecular weight excluding hydrogens is 238 g/mol. The Morgan fingerprint density at radius 1 is 1.59 bits per heavy atom. The lowest BCUT2D eigenvalue weighted by Crippen LogP contribution is -2.23. The number of hydrogen-bond acceptors (Lipinski definition) is 4. The highest BCUT2D eigenvalue weighted by Crippen LogP contribution is 2.23. The number of rotatable bonds is 4. The third-order valence-electron chi connectivity index (χ3n) is 2.33. The number of carbonyl (C=O) groups is 1. The Hall–Kier alpha value is -1.82. The Balaban J connectivity index is 1.95. The first kappa shape index (κ1) is 11.7. The van der Waals surface area contributed by atoms with E-state index in [4.69, 9.17) is 4.74 Å². The monoisotopic (exact) mass is 251 g/mol. The van der Waals surface area contributed by atoms with Crippen LogP contribution in [0.4, 0.5) is 0 Å². The van der Waals surface area contributed by atoms with Crippen molar-refractivity contribution in [2.75, 3.05) is 7.11 Å². The van der Waals surface area contributed by atoms with E-state index in [1.54, 1.807) is 25.4 Å². The number of ether oxygens (including phenoxy) is 1. The van der Waals surface area contributed by atoms with Crippen LogP contribution in [0.2, 0.25) is 0 Å². The van der Waals surface area contributed by atoms with Crippen LogP contribution in [0, 0.1) is 0 Å². The summed E-state index contributed by atoms with van der Waals surface area (Å²) in [7, 11) is 3.48. The van der Waals surface area contributed by atoms with Gasteiger partial charge in [-0.05, 0) is 12.1 Å². The molecular formula is C11H13N3O2S. The van der Waals surface area contributed by atoms with E-state index in [9.17, 15) is 4.79 Å². The first-order valence-electron chi connectivity index (χ1n) is 5.09. The molecule has 2 heterocycles. The van der Waals surface area contributed by atoms with Crippen molar-refractivity contribution in [2.24, 2.45) is 7.05 Å². The molecule has 0 aromatic carbocycles. The Morgan fingerprint density at radius 3 is 3.00 bits per heavy atom. The number of thiophene rings is 1. The zero-order valence-corrected chi connectivity index (χ0v) is 10.5. The fourth-order valence-corrected chi connectivity index (χ4v) is 2.10. The fraction of sp³-hybridized carbons (Fsp3) is 0.273. The van der Waals surface area contributed by atoms with E-state index in [1.165, 1.54) is 11.3 Å². The van der Waals surface area contributed by atoms with Crippen LogP contribution in [-0.2, 0) is 13.6 Å². The molecule has 2 aromatic heterocycles. The van der Waals surface area contributed by atoms with Crippen molar-refractivity contribution in [2.45, 2.75) is 6.54 Å². The molecule has 0 aliphatic rings. The van der Waals surface area contributed by atoms with Crippen LogP contribution in [0.25, 0.3) is 0 Å². The number of imidazole rings is 1. The van der Waals surface area contributed by atoms with Crippen LogP contribution in [-0.4, -0.2) is 22.6 Å². The van der Waals surface area contributed by atoms with Crippen molar-refractivity contribution >= 4 is 17.2 Å². The van der Waals surface area contributed by atoms with Gasteiger partial charge in [0.05, 0.1) is 18.5 Å². The molecule has 0 saturated carbocycles. The topological polar surface area (TPSA) is 56.1 Å². The first-order chi connectivity index (χ1) is 8.20. The quantitative estimate of drug-likeness (QED) is 0.894. The Bertz CT molecular complexity index is 518. The molecule has 90 valence electrons. The standard InChI is InChI=1S/C11H13N3O2S/c1-14-6-5-12-9(14)7-13-11(15)8-3-4-10(16-2)17-8/h3-6H,7H2,1-2H3,(H,13,15). The fourth-order valence-electron chi connectivity index (χ4n) is 1.37. The third-order valence-corrected chi connectivity index (χ3v) is 3.38. The van der Waals surface area contributed by atoms with Crippen LogP contribution in [0.1, 0.15) is 15.5 Å². The number of nitrogens with one attached hydrogen (secondary N) is 1. The van der Waals surface area contributed by atoms with E-state index >= 15 is 0 Å². The SMILES string of the molecule is COc1ccc(C(=O)NCc2nccn2C)s1. The minimum Gasteiger partial charge on any atom is -0.487 e. The number of carbonyl (C=O) groups excluding carboxylic acids is 1. The van der Waals surface area contributed by atoms with E-state index < -0.39 is 0 Å². The van der Waals surface area contributed by atoms with Crippen molar-refractivity contribution in [1.82, 2.24) is 14.9 Å². The van der Waals surface area contributed by atoms with E-state index in [-0.39, 0.29) is 5.91 Å². The van der Waals surface area contributed by atoms with Crippen LogP contribution >= 0.6 is 11.3 Å². The van der Waals surface area contributed by atoms with Gasteiger partial charge in [-0.1, -0.05) is 11.3 Å². The van der Waals surface area contributed by atoms with Crippen molar-refractivity contribution in [3.63, 3.8) is 0 Å². The maximum atomic E-state index is 11.8. The number of aromatic nitrogens is 2. The smallest absolute Gasteiger partial charge is 0.261 e. The predicted octanol–water partition coefficient (Wildman–Crippen LogP) is 1.42. The van der Waals surface area contributed by atoms with Gasteiger partial charge in [-0.25, -0.2) is 4.98 Å². The molecule has 6 heteroatoms. The van der Waals surface area contributed by atoms with Gasteiger partial charge >= 0.3 is 0 Å². The summed E-state index contributed by atoms with van der Waals surface area (Å²) in [6, 6.07) is 3.53. The second-order valence-corrected chi connectivity index (χ2v) is 4.51. The van der Waals surface area contributed by atoms with E-state index in [1.807, 2.05) is 17.8 Å². The maximum Gasteiger partial charge on any atom is 0.261 e.